The Labute approximate surface area is 83.9 Å². The zero-order chi connectivity index (χ0) is 10.3. The molecule has 0 bridgehead atoms. The minimum absolute atomic E-state index is 0.946. The van der Waals surface area contributed by atoms with Gasteiger partial charge in [0.25, 0.3) is 0 Å². The lowest BCUT2D eigenvalue weighted by atomic mass is 9.97. The summed E-state index contributed by atoms with van der Waals surface area (Å²) in [7, 11) is 6.54. The van der Waals surface area contributed by atoms with Crippen LogP contribution in [0.4, 0.5) is 0 Å². The molecule has 1 fully saturated rings. The maximum Gasteiger partial charge on any atom is 0.000451 e. The fraction of sp³-hybridized carbons (Fsp3) is 1.00. The van der Waals surface area contributed by atoms with E-state index in [-0.39, 0.29) is 0 Å². The Morgan fingerprint density at radius 3 is 2.00 bits per heavy atom. The quantitative estimate of drug-likeness (QED) is 0.650. The minimum atomic E-state index is 0.946. The number of hydrogen-bond donors (Lipinski definition) is 0. The van der Waals surface area contributed by atoms with Crippen molar-refractivity contribution in [3.8, 4) is 0 Å². The van der Waals surface area contributed by atoms with Gasteiger partial charge in [-0.25, -0.2) is 0 Å². The molecule has 1 aliphatic rings. The summed E-state index contributed by atoms with van der Waals surface area (Å²) in [5.41, 5.74) is 0. The van der Waals surface area contributed by atoms with Gasteiger partial charge in [0, 0.05) is 6.54 Å². The predicted molar refractivity (Wildman–Crippen MR) is 60.1 cm³/mol. The van der Waals surface area contributed by atoms with Crippen LogP contribution in [0.15, 0.2) is 0 Å². The van der Waals surface area contributed by atoms with Crippen LogP contribution in [0.2, 0.25) is 0 Å². The third-order valence-electron chi connectivity index (χ3n) is 2.46. The zero-order valence-electron chi connectivity index (χ0n) is 10.0. The topological polar surface area (TPSA) is 6.48 Å². The first-order chi connectivity index (χ1) is 6.18. The third-order valence-corrected chi connectivity index (χ3v) is 2.46. The van der Waals surface area contributed by atoms with Crippen molar-refractivity contribution >= 4 is 0 Å². The lowest BCUT2D eigenvalue weighted by Gasteiger charge is -2.30. The highest BCUT2D eigenvalue weighted by molar-refractivity contribution is 4.71. The molecule has 0 spiro atoms. The lowest BCUT2D eigenvalue weighted by molar-refractivity contribution is 0.188. The molecule has 0 aliphatic carbocycles. The van der Waals surface area contributed by atoms with Crippen LogP contribution in [0.5, 0.6) is 0 Å². The molecule has 0 aromatic carbocycles. The van der Waals surface area contributed by atoms with Gasteiger partial charge >= 0.3 is 0 Å². The fourth-order valence-corrected chi connectivity index (χ4v) is 1.76. The predicted octanol–water partition coefficient (Wildman–Crippen LogP) is 1.92. The molecule has 2 nitrogen and oxygen atoms in total. The molecule has 13 heavy (non-hydrogen) atoms. The largest absolute Gasteiger partial charge is 0.309 e. The lowest BCUT2D eigenvalue weighted by Crippen LogP contribution is -2.34. The Balaban J connectivity index is 0.000000671. The van der Waals surface area contributed by atoms with Gasteiger partial charge in [-0.2, -0.15) is 0 Å². The van der Waals surface area contributed by atoms with E-state index in [0.29, 0.717) is 0 Å². The van der Waals surface area contributed by atoms with Crippen LogP contribution in [-0.4, -0.2) is 50.6 Å². The van der Waals surface area contributed by atoms with Gasteiger partial charge < -0.3 is 9.80 Å². The van der Waals surface area contributed by atoms with E-state index in [1.807, 2.05) is 13.8 Å². The number of piperidine rings is 1. The molecule has 1 saturated heterocycles. The molecule has 0 aromatic rings. The van der Waals surface area contributed by atoms with Gasteiger partial charge in [-0.1, -0.05) is 13.8 Å². The number of hydrogen-bond acceptors (Lipinski definition) is 2. The summed E-state index contributed by atoms with van der Waals surface area (Å²) in [4.78, 5) is 4.72. The molecule has 1 rings (SSSR count). The van der Waals surface area contributed by atoms with Crippen LogP contribution >= 0.6 is 0 Å². The second-order valence-corrected chi connectivity index (χ2v) is 4.01. The van der Waals surface area contributed by atoms with Crippen molar-refractivity contribution in [1.82, 2.24) is 9.80 Å². The standard InChI is InChI=1S/C9H20N2.C2H6/c1-10(2)8-9-4-6-11(3)7-5-9;1-2/h9H,4-8H2,1-3H3;1-2H3. The van der Waals surface area contributed by atoms with E-state index < -0.39 is 0 Å². The van der Waals surface area contributed by atoms with Gasteiger partial charge in [0.15, 0.2) is 0 Å². The highest BCUT2D eigenvalue weighted by Gasteiger charge is 2.16. The van der Waals surface area contributed by atoms with Crippen LogP contribution in [0.1, 0.15) is 26.7 Å². The summed E-state index contributed by atoms with van der Waals surface area (Å²) in [6.45, 7) is 7.85. The second-order valence-electron chi connectivity index (χ2n) is 4.01. The number of rotatable bonds is 2. The Bertz CT molecular complexity index is 105. The zero-order valence-corrected chi connectivity index (χ0v) is 10.0. The van der Waals surface area contributed by atoms with Crippen LogP contribution in [0.3, 0.4) is 0 Å². The van der Waals surface area contributed by atoms with Crippen molar-refractivity contribution in [3.63, 3.8) is 0 Å². The molecule has 2 heteroatoms. The van der Waals surface area contributed by atoms with Gasteiger partial charge in [-0.05, 0) is 53.0 Å². The molecule has 0 aromatic heterocycles. The molecule has 0 N–H and O–H groups in total. The second kappa shape index (κ2) is 7.34. The summed E-state index contributed by atoms with van der Waals surface area (Å²) < 4.78 is 0. The molecule has 0 radical (unpaired) electrons. The van der Waals surface area contributed by atoms with Crippen LogP contribution < -0.4 is 0 Å². The average Bonchev–Trinajstić information content (AvgIpc) is 2.12. The van der Waals surface area contributed by atoms with E-state index in [4.69, 9.17) is 0 Å². The van der Waals surface area contributed by atoms with E-state index >= 15 is 0 Å². The molecule has 1 aliphatic heterocycles. The molecule has 80 valence electrons. The summed E-state index contributed by atoms with van der Waals surface area (Å²) >= 11 is 0. The Hall–Kier alpha value is -0.0800. The molecule has 0 saturated carbocycles. The third kappa shape index (κ3) is 6.05. The normalized spacial score (nSPS) is 19.8. The summed E-state index contributed by atoms with van der Waals surface area (Å²) in [5, 5.41) is 0. The molecule has 0 amide bonds. The highest BCUT2D eigenvalue weighted by atomic mass is 15.1. The first kappa shape index (κ1) is 12.9. The van der Waals surface area contributed by atoms with E-state index in [9.17, 15) is 0 Å². The van der Waals surface area contributed by atoms with Gasteiger partial charge in [0.05, 0.1) is 0 Å². The van der Waals surface area contributed by atoms with Crippen molar-refractivity contribution in [2.75, 3.05) is 40.8 Å². The molecular formula is C11H26N2. The maximum absolute atomic E-state index is 2.42. The van der Waals surface area contributed by atoms with E-state index in [1.165, 1.54) is 32.5 Å². The van der Waals surface area contributed by atoms with Gasteiger partial charge in [-0.15, -0.1) is 0 Å². The Morgan fingerprint density at radius 1 is 1.15 bits per heavy atom. The van der Waals surface area contributed by atoms with E-state index in [1.54, 1.807) is 0 Å². The number of nitrogens with zero attached hydrogens (tertiary/aromatic N) is 2. The van der Waals surface area contributed by atoms with Crippen LogP contribution in [0.25, 0.3) is 0 Å². The Morgan fingerprint density at radius 2 is 1.62 bits per heavy atom. The Kier molecular flexibility index (Phi) is 7.29. The van der Waals surface area contributed by atoms with Gasteiger partial charge in [0.2, 0.25) is 0 Å². The van der Waals surface area contributed by atoms with Crippen molar-refractivity contribution in [1.29, 1.82) is 0 Å². The van der Waals surface area contributed by atoms with Gasteiger partial charge in [-0.3, -0.25) is 0 Å². The SMILES string of the molecule is CC.CN(C)CC1CCN(C)CC1. The summed E-state index contributed by atoms with van der Waals surface area (Å²) in [6, 6.07) is 0. The molecular weight excluding hydrogens is 160 g/mol. The summed E-state index contributed by atoms with van der Waals surface area (Å²) in [6.07, 6.45) is 2.77. The molecule has 0 unspecified atom stereocenters. The van der Waals surface area contributed by atoms with Crippen LogP contribution in [0, 0.1) is 5.92 Å². The first-order valence-electron chi connectivity index (χ1n) is 5.52. The van der Waals surface area contributed by atoms with E-state index in [2.05, 4.69) is 30.9 Å². The minimum Gasteiger partial charge on any atom is -0.309 e. The van der Waals surface area contributed by atoms with Crippen molar-refractivity contribution in [2.45, 2.75) is 26.7 Å². The summed E-state index contributed by atoms with van der Waals surface area (Å²) in [5.74, 6) is 0.946. The van der Waals surface area contributed by atoms with Crippen molar-refractivity contribution in [2.24, 2.45) is 5.92 Å². The maximum atomic E-state index is 2.42. The van der Waals surface area contributed by atoms with Crippen molar-refractivity contribution < 1.29 is 0 Å². The monoisotopic (exact) mass is 186 g/mol. The molecule has 0 atom stereocenters. The van der Waals surface area contributed by atoms with Gasteiger partial charge in [0.1, 0.15) is 0 Å². The van der Waals surface area contributed by atoms with Crippen LogP contribution in [-0.2, 0) is 0 Å². The average molecular weight is 186 g/mol. The molecule has 1 heterocycles. The highest BCUT2D eigenvalue weighted by Crippen LogP contribution is 2.15. The number of likely N-dealkylation sites (tertiary alicyclic amines) is 1. The van der Waals surface area contributed by atoms with Crippen molar-refractivity contribution in [3.05, 3.63) is 0 Å². The fourth-order valence-electron chi connectivity index (χ4n) is 1.76. The smallest absolute Gasteiger partial charge is 0.000451 e. The first-order valence-corrected chi connectivity index (χ1v) is 5.52. The van der Waals surface area contributed by atoms with E-state index in [0.717, 1.165) is 5.92 Å².